The molecule has 2 aromatic carbocycles. The first kappa shape index (κ1) is 13.0. The molecule has 2 aromatic rings. The summed E-state index contributed by atoms with van der Waals surface area (Å²) in [6.45, 7) is 0. The standard InChI is InChI=1S/C14H11N3OS/c15-9-19-13-6-4-12(5-7-13)17-14(18)10-2-1-3-11(16)8-10/h1-8H,16H2,(H,17,18). The summed E-state index contributed by atoms with van der Waals surface area (Å²) in [5.41, 5.74) is 7.36. The largest absolute Gasteiger partial charge is 0.399 e. The maximum atomic E-state index is 12.0. The van der Waals surface area contributed by atoms with Gasteiger partial charge in [0.1, 0.15) is 5.40 Å². The van der Waals surface area contributed by atoms with Gasteiger partial charge in [0.2, 0.25) is 0 Å². The molecule has 0 aromatic heterocycles. The van der Waals surface area contributed by atoms with Crippen LogP contribution in [-0.2, 0) is 0 Å². The van der Waals surface area contributed by atoms with Crippen LogP contribution in [0.2, 0.25) is 0 Å². The number of amides is 1. The normalized spacial score (nSPS) is 9.63. The van der Waals surface area contributed by atoms with E-state index in [1.807, 2.05) is 5.40 Å². The summed E-state index contributed by atoms with van der Waals surface area (Å²) in [7, 11) is 0. The second kappa shape index (κ2) is 5.94. The van der Waals surface area contributed by atoms with Crippen LogP contribution in [0.4, 0.5) is 11.4 Å². The highest BCUT2D eigenvalue weighted by Crippen LogP contribution is 2.19. The minimum Gasteiger partial charge on any atom is -0.399 e. The first-order chi connectivity index (χ1) is 9.19. The van der Waals surface area contributed by atoms with Crippen molar-refractivity contribution in [3.63, 3.8) is 0 Å². The van der Waals surface area contributed by atoms with Crippen molar-refractivity contribution in [2.75, 3.05) is 11.1 Å². The van der Waals surface area contributed by atoms with Crippen molar-refractivity contribution in [1.29, 1.82) is 5.26 Å². The fourth-order valence-corrected chi connectivity index (χ4v) is 1.92. The second-order valence-corrected chi connectivity index (χ2v) is 4.66. The number of hydrogen-bond donors (Lipinski definition) is 2. The zero-order valence-electron chi connectivity index (χ0n) is 9.96. The van der Waals surface area contributed by atoms with Gasteiger partial charge in [-0.05, 0) is 54.2 Å². The summed E-state index contributed by atoms with van der Waals surface area (Å²) in [6, 6.07) is 13.8. The van der Waals surface area contributed by atoms with Crippen LogP contribution in [0.1, 0.15) is 10.4 Å². The van der Waals surface area contributed by atoms with Crippen molar-refractivity contribution in [1.82, 2.24) is 0 Å². The highest BCUT2D eigenvalue weighted by molar-refractivity contribution is 8.03. The van der Waals surface area contributed by atoms with Gasteiger partial charge in [0, 0.05) is 21.8 Å². The molecule has 0 aliphatic carbocycles. The summed E-state index contributed by atoms with van der Waals surface area (Å²) in [6.07, 6.45) is 0. The minimum absolute atomic E-state index is 0.215. The van der Waals surface area contributed by atoms with Gasteiger partial charge in [-0.1, -0.05) is 6.07 Å². The molecule has 0 saturated heterocycles. The summed E-state index contributed by atoms with van der Waals surface area (Å²) in [5, 5.41) is 13.3. The van der Waals surface area contributed by atoms with Gasteiger partial charge in [0.25, 0.3) is 5.91 Å². The van der Waals surface area contributed by atoms with Crippen molar-refractivity contribution < 1.29 is 4.79 Å². The summed E-state index contributed by atoms with van der Waals surface area (Å²) in [5.74, 6) is -0.215. The summed E-state index contributed by atoms with van der Waals surface area (Å²) >= 11 is 1.08. The molecule has 0 fully saturated rings. The van der Waals surface area contributed by atoms with E-state index in [-0.39, 0.29) is 5.91 Å². The van der Waals surface area contributed by atoms with Crippen molar-refractivity contribution >= 4 is 29.0 Å². The van der Waals surface area contributed by atoms with Crippen molar-refractivity contribution in [2.45, 2.75) is 4.90 Å². The number of rotatable bonds is 3. The topological polar surface area (TPSA) is 78.9 Å². The second-order valence-electron chi connectivity index (χ2n) is 3.80. The summed E-state index contributed by atoms with van der Waals surface area (Å²) in [4.78, 5) is 12.8. The highest BCUT2D eigenvalue weighted by atomic mass is 32.2. The SMILES string of the molecule is N#CSc1ccc(NC(=O)c2cccc(N)c2)cc1. The Morgan fingerprint density at radius 3 is 2.58 bits per heavy atom. The molecular formula is C14H11N3OS. The Hall–Kier alpha value is -2.45. The van der Waals surface area contributed by atoms with E-state index >= 15 is 0 Å². The third-order valence-corrected chi connectivity index (χ3v) is 3.02. The van der Waals surface area contributed by atoms with E-state index in [1.54, 1.807) is 48.5 Å². The van der Waals surface area contributed by atoms with E-state index < -0.39 is 0 Å². The molecule has 0 atom stereocenters. The molecule has 0 unspecified atom stereocenters. The van der Waals surface area contributed by atoms with Gasteiger partial charge in [-0.25, -0.2) is 0 Å². The van der Waals surface area contributed by atoms with Crippen molar-refractivity contribution in [3.8, 4) is 5.40 Å². The first-order valence-corrected chi connectivity index (χ1v) is 6.33. The average molecular weight is 269 g/mol. The molecule has 0 saturated carbocycles. The lowest BCUT2D eigenvalue weighted by molar-refractivity contribution is 0.102. The van der Waals surface area contributed by atoms with E-state index in [2.05, 4.69) is 5.32 Å². The Morgan fingerprint density at radius 1 is 1.21 bits per heavy atom. The van der Waals surface area contributed by atoms with E-state index in [1.165, 1.54) is 0 Å². The molecule has 5 heteroatoms. The minimum atomic E-state index is -0.215. The number of nitrogen functional groups attached to an aromatic ring is 1. The number of nitrogens with two attached hydrogens (primary N) is 1. The molecule has 0 radical (unpaired) electrons. The van der Waals surface area contributed by atoms with Gasteiger partial charge in [0.05, 0.1) is 0 Å². The quantitative estimate of drug-likeness (QED) is 0.510. The monoisotopic (exact) mass is 269 g/mol. The molecule has 3 N–H and O–H groups in total. The number of nitrogens with one attached hydrogen (secondary N) is 1. The Labute approximate surface area is 115 Å². The molecular weight excluding hydrogens is 258 g/mol. The molecule has 0 spiro atoms. The number of hydrogen-bond acceptors (Lipinski definition) is 4. The lowest BCUT2D eigenvalue weighted by Crippen LogP contribution is -2.11. The molecule has 19 heavy (non-hydrogen) atoms. The van der Waals surface area contributed by atoms with E-state index in [0.29, 0.717) is 16.9 Å². The zero-order valence-corrected chi connectivity index (χ0v) is 10.8. The van der Waals surface area contributed by atoms with Crippen LogP contribution in [0, 0.1) is 10.7 Å². The van der Waals surface area contributed by atoms with Gasteiger partial charge in [-0.2, -0.15) is 5.26 Å². The number of carbonyl (C=O) groups excluding carboxylic acids is 1. The van der Waals surface area contributed by atoms with Crippen LogP contribution in [0.3, 0.4) is 0 Å². The predicted octanol–water partition coefficient (Wildman–Crippen LogP) is 3.09. The smallest absolute Gasteiger partial charge is 0.255 e. The number of nitriles is 1. The predicted molar refractivity (Wildman–Crippen MR) is 76.7 cm³/mol. The molecule has 4 nitrogen and oxygen atoms in total. The Kier molecular flexibility index (Phi) is 4.06. The van der Waals surface area contributed by atoms with Crippen LogP contribution >= 0.6 is 11.8 Å². The number of benzene rings is 2. The Bertz CT molecular complexity index is 632. The van der Waals surface area contributed by atoms with Gasteiger partial charge in [0.15, 0.2) is 0 Å². The van der Waals surface area contributed by atoms with Gasteiger partial charge in [-0.15, -0.1) is 0 Å². The summed E-state index contributed by atoms with van der Waals surface area (Å²) < 4.78 is 0. The molecule has 0 heterocycles. The Morgan fingerprint density at radius 2 is 1.95 bits per heavy atom. The lowest BCUT2D eigenvalue weighted by atomic mass is 10.2. The molecule has 2 rings (SSSR count). The number of carbonyl (C=O) groups is 1. The van der Waals surface area contributed by atoms with Gasteiger partial charge >= 0.3 is 0 Å². The third kappa shape index (κ3) is 3.50. The van der Waals surface area contributed by atoms with E-state index in [4.69, 9.17) is 11.0 Å². The molecule has 0 aliphatic rings. The maximum absolute atomic E-state index is 12.0. The van der Waals surface area contributed by atoms with Crippen LogP contribution in [0.5, 0.6) is 0 Å². The third-order valence-electron chi connectivity index (χ3n) is 2.42. The molecule has 1 amide bonds. The van der Waals surface area contributed by atoms with Gasteiger partial charge in [-0.3, -0.25) is 4.79 Å². The fraction of sp³-hybridized carbons (Fsp3) is 0. The van der Waals surface area contributed by atoms with E-state index in [9.17, 15) is 4.79 Å². The van der Waals surface area contributed by atoms with Crippen LogP contribution in [-0.4, -0.2) is 5.91 Å². The van der Waals surface area contributed by atoms with E-state index in [0.717, 1.165) is 16.7 Å². The number of thioether (sulfide) groups is 1. The lowest BCUT2D eigenvalue weighted by Gasteiger charge is -2.06. The molecule has 0 aliphatic heterocycles. The fourth-order valence-electron chi connectivity index (χ4n) is 1.54. The number of nitrogens with zero attached hydrogens (tertiary/aromatic N) is 1. The van der Waals surface area contributed by atoms with Gasteiger partial charge < -0.3 is 11.1 Å². The first-order valence-electron chi connectivity index (χ1n) is 5.52. The Balaban J connectivity index is 2.09. The zero-order chi connectivity index (χ0) is 13.7. The van der Waals surface area contributed by atoms with Crippen molar-refractivity contribution in [2.24, 2.45) is 0 Å². The van der Waals surface area contributed by atoms with Crippen molar-refractivity contribution in [3.05, 3.63) is 54.1 Å². The average Bonchev–Trinajstić information content (AvgIpc) is 2.41. The molecule has 0 bridgehead atoms. The highest BCUT2D eigenvalue weighted by Gasteiger charge is 2.06. The van der Waals surface area contributed by atoms with Crippen LogP contribution < -0.4 is 11.1 Å². The number of anilines is 2. The maximum Gasteiger partial charge on any atom is 0.255 e. The number of thiocyanates is 1. The van der Waals surface area contributed by atoms with Crippen LogP contribution in [0.15, 0.2) is 53.4 Å². The van der Waals surface area contributed by atoms with Crippen LogP contribution in [0.25, 0.3) is 0 Å². The molecule has 94 valence electrons.